The van der Waals surface area contributed by atoms with Gasteiger partial charge in [-0.25, -0.2) is 4.98 Å². The number of hydrogen-bond acceptors (Lipinski definition) is 7. The van der Waals surface area contributed by atoms with Crippen LogP contribution in [0, 0.1) is 5.92 Å². The first-order valence-corrected chi connectivity index (χ1v) is 11.7. The highest BCUT2D eigenvalue weighted by atomic mass is 16.5. The van der Waals surface area contributed by atoms with E-state index in [1.165, 1.54) is 18.6 Å². The second kappa shape index (κ2) is 11.9. The van der Waals surface area contributed by atoms with Crippen molar-refractivity contribution in [2.24, 2.45) is 5.92 Å². The Morgan fingerprint density at radius 2 is 2.06 bits per heavy atom. The van der Waals surface area contributed by atoms with E-state index >= 15 is 0 Å². The van der Waals surface area contributed by atoms with Crippen LogP contribution >= 0.6 is 0 Å². The number of ether oxygens (including phenoxy) is 2. The summed E-state index contributed by atoms with van der Waals surface area (Å²) >= 11 is 0. The Morgan fingerprint density at radius 1 is 1.26 bits per heavy atom. The van der Waals surface area contributed by atoms with Gasteiger partial charge in [-0.2, -0.15) is 0 Å². The molecule has 9 nitrogen and oxygen atoms in total. The van der Waals surface area contributed by atoms with Crippen LogP contribution in [0.3, 0.4) is 0 Å². The van der Waals surface area contributed by atoms with Crippen LogP contribution in [-0.2, 0) is 4.74 Å². The maximum Gasteiger partial charge on any atom is 0.275 e. The number of likely N-dealkylation sites (N-methyl/N-ethyl adjacent to an activating group) is 1. The molecule has 0 unspecified atom stereocenters. The van der Waals surface area contributed by atoms with Gasteiger partial charge >= 0.3 is 0 Å². The van der Waals surface area contributed by atoms with Crippen molar-refractivity contribution in [3.8, 4) is 5.75 Å². The number of nitrogens with zero attached hydrogens (tertiary/aromatic N) is 4. The number of hydrogen-bond donors (Lipinski definition) is 1. The van der Waals surface area contributed by atoms with Crippen molar-refractivity contribution in [3.05, 3.63) is 48.0 Å². The van der Waals surface area contributed by atoms with E-state index in [0.29, 0.717) is 30.2 Å². The van der Waals surface area contributed by atoms with Crippen molar-refractivity contribution in [2.75, 3.05) is 45.7 Å². The summed E-state index contributed by atoms with van der Waals surface area (Å²) in [7, 11) is 3.47. The van der Waals surface area contributed by atoms with E-state index in [-0.39, 0.29) is 35.6 Å². The summed E-state index contributed by atoms with van der Waals surface area (Å²) in [4.78, 5) is 37.8. The molecule has 9 heteroatoms. The summed E-state index contributed by atoms with van der Waals surface area (Å²) < 4.78 is 12.0. The van der Waals surface area contributed by atoms with E-state index in [1.807, 2.05) is 0 Å². The SMILES string of the molecule is CCCN1C[C@@H](C)[C@H](OC)CN(C)C(=O)c2ccc(NC(=O)c3cnccn3)cc2OC[C@H]1C. The summed E-state index contributed by atoms with van der Waals surface area (Å²) in [6.07, 6.45) is 5.31. The van der Waals surface area contributed by atoms with Gasteiger partial charge in [0.25, 0.3) is 11.8 Å². The molecule has 2 aromatic rings. The molecule has 0 radical (unpaired) electrons. The minimum absolute atomic E-state index is 0.0881. The number of aromatic nitrogens is 2. The number of methoxy groups -OCH3 is 1. The number of nitrogens with one attached hydrogen (secondary N) is 1. The standard InChI is InChI=1S/C25H35N5O4/c1-6-11-30-14-17(2)23(33-5)15-29(4)25(32)20-8-7-19(12-22(20)34-16-18(30)3)28-24(31)21-13-26-9-10-27-21/h7-10,12-13,17-18,23H,6,11,14-16H2,1-5H3,(H,28,31)/t17-,18-,23-/m1/s1. The van der Waals surface area contributed by atoms with Crippen molar-refractivity contribution >= 4 is 17.5 Å². The van der Waals surface area contributed by atoms with E-state index in [4.69, 9.17) is 9.47 Å². The fourth-order valence-corrected chi connectivity index (χ4v) is 4.14. The molecule has 0 saturated carbocycles. The van der Waals surface area contributed by atoms with E-state index in [1.54, 1.807) is 37.3 Å². The number of anilines is 1. The first kappa shape index (κ1) is 25.6. The normalized spacial score (nSPS) is 22.2. The Balaban J connectivity index is 1.91. The Bertz CT molecular complexity index is 971. The molecule has 1 aromatic carbocycles. The van der Waals surface area contributed by atoms with Gasteiger partial charge in [-0.05, 0) is 37.9 Å². The van der Waals surface area contributed by atoms with E-state index in [9.17, 15) is 9.59 Å². The second-order valence-electron chi connectivity index (χ2n) is 8.85. The number of carbonyl (C=O) groups excluding carboxylic acids is 2. The highest BCUT2D eigenvalue weighted by Crippen LogP contribution is 2.27. The Labute approximate surface area is 201 Å². The largest absolute Gasteiger partial charge is 0.491 e. The Kier molecular flexibility index (Phi) is 8.95. The number of benzene rings is 1. The number of amides is 2. The maximum absolute atomic E-state index is 13.3. The molecule has 1 aliphatic rings. The van der Waals surface area contributed by atoms with Gasteiger partial charge in [-0.1, -0.05) is 13.8 Å². The topological polar surface area (TPSA) is 96.9 Å². The monoisotopic (exact) mass is 469 g/mol. The van der Waals surface area contributed by atoms with Gasteiger partial charge < -0.3 is 19.7 Å². The third-order valence-electron chi connectivity index (χ3n) is 6.14. The smallest absolute Gasteiger partial charge is 0.275 e. The lowest BCUT2D eigenvalue weighted by molar-refractivity contribution is 0.0108. The van der Waals surface area contributed by atoms with Crippen molar-refractivity contribution < 1.29 is 19.1 Å². The summed E-state index contributed by atoms with van der Waals surface area (Å²) in [6, 6.07) is 5.20. The molecule has 0 spiro atoms. The van der Waals surface area contributed by atoms with Gasteiger partial charge in [0.15, 0.2) is 0 Å². The summed E-state index contributed by atoms with van der Waals surface area (Å²) in [5.74, 6) is 0.130. The van der Waals surface area contributed by atoms with Crippen molar-refractivity contribution in [2.45, 2.75) is 39.3 Å². The molecule has 2 amide bonds. The van der Waals surface area contributed by atoms with Crippen LogP contribution in [0.25, 0.3) is 0 Å². The molecule has 0 saturated heterocycles. The van der Waals surface area contributed by atoms with Crippen LogP contribution in [0.5, 0.6) is 5.75 Å². The zero-order chi connectivity index (χ0) is 24.7. The number of fused-ring (bicyclic) bond motifs is 1. The fourth-order valence-electron chi connectivity index (χ4n) is 4.14. The van der Waals surface area contributed by atoms with Gasteiger partial charge in [0, 0.05) is 57.4 Å². The van der Waals surface area contributed by atoms with Crippen LogP contribution in [-0.4, -0.2) is 84.1 Å². The fraction of sp³-hybridized carbons (Fsp3) is 0.520. The summed E-state index contributed by atoms with van der Waals surface area (Å²) in [6.45, 7) is 9.13. The van der Waals surface area contributed by atoms with Crippen molar-refractivity contribution in [1.29, 1.82) is 0 Å². The average molecular weight is 470 g/mol. The Morgan fingerprint density at radius 3 is 2.74 bits per heavy atom. The third kappa shape index (κ3) is 6.30. The minimum atomic E-state index is -0.385. The molecular weight excluding hydrogens is 434 g/mol. The lowest BCUT2D eigenvalue weighted by Gasteiger charge is -2.35. The molecule has 34 heavy (non-hydrogen) atoms. The summed E-state index contributed by atoms with van der Waals surface area (Å²) in [5.41, 5.74) is 1.16. The van der Waals surface area contributed by atoms with E-state index in [0.717, 1.165) is 19.5 Å². The van der Waals surface area contributed by atoms with E-state index in [2.05, 4.69) is 41.0 Å². The van der Waals surface area contributed by atoms with Crippen molar-refractivity contribution in [3.63, 3.8) is 0 Å². The molecule has 3 atom stereocenters. The highest BCUT2D eigenvalue weighted by molar-refractivity contribution is 6.03. The predicted molar refractivity (Wildman–Crippen MR) is 130 cm³/mol. The molecule has 1 aromatic heterocycles. The molecular formula is C25H35N5O4. The molecule has 3 rings (SSSR count). The van der Waals surface area contributed by atoms with Crippen LogP contribution < -0.4 is 10.1 Å². The highest BCUT2D eigenvalue weighted by Gasteiger charge is 2.28. The lowest BCUT2D eigenvalue weighted by atomic mass is 10.0. The van der Waals surface area contributed by atoms with Gasteiger partial charge in [0.05, 0.1) is 17.9 Å². The van der Waals surface area contributed by atoms with Crippen LogP contribution in [0.1, 0.15) is 48.0 Å². The van der Waals surface area contributed by atoms with Crippen LogP contribution in [0.2, 0.25) is 0 Å². The Hall–Kier alpha value is -3.04. The van der Waals surface area contributed by atoms with Gasteiger partial charge in [-0.3, -0.25) is 19.5 Å². The van der Waals surface area contributed by atoms with Crippen molar-refractivity contribution in [1.82, 2.24) is 19.8 Å². The maximum atomic E-state index is 13.3. The zero-order valence-corrected chi connectivity index (χ0v) is 20.7. The first-order valence-electron chi connectivity index (χ1n) is 11.7. The molecule has 1 aliphatic heterocycles. The van der Waals surface area contributed by atoms with Crippen LogP contribution in [0.15, 0.2) is 36.8 Å². The molecule has 1 N–H and O–H groups in total. The van der Waals surface area contributed by atoms with Gasteiger partial charge in [-0.15, -0.1) is 0 Å². The molecule has 184 valence electrons. The minimum Gasteiger partial charge on any atom is -0.491 e. The average Bonchev–Trinajstić information content (AvgIpc) is 2.84. The lowest BCUT2D eigenvalue weighted by Crippen LogP contribution is -2.46. The third-order valence-corrected chi connectivity index (χ3v) is 6.14. The quantitative estimate of drug-likeness (QED) is 0.719. The number of carbonyl (C=O) groups is 2. The van der Waals surface area contributed by atoms with E-state index < -0.39 is 0 Å². The first-order chi connectivity index (χ1) is 16.3. The van der Waals surface area contributed by atoms with Gasteiger partial charge in [0.1, 0.15) is 18.1 Å². The molecule has 0 bridgehead atoms. The van der Waals surface area contributed by atoms with Gasteiger partial charge in [0.2, 0.25) is 0 Å². The molecule has 2 heterocycles. The second-order valence-corrected chi connectivity index (χ2v) is 8.85. The number of rotatable bonds is 5. The zero-order valence-electron chi connectivity index (χ0n) is 20.7. The molecule has 0 fully saturated rings. The molecule has 0 aliphatic carbocycles. The van der Waals surface area contributed by atoms with Crippen LogP contribution in [0.4, 0.5) is 5.69 Å². The summed E-state index contributed by atoms with van der Waals surface area (Å²) in [5, 5.41) is 2.81. The predicted octanol–water partition coefficient (Wildman–Crippen LogP) is 2.94.